The number of likely N-dealkylation sites (tertiary alicyclic amines) is 1. The zero-order chi connectivity index (χ0) is 19.3. The molecule has 4 fully saturated rings. The SMILES string of the molecule is O=C(N1C[C@H]2C[C@@H](C1)[C@H](CO)N1CCCC[C@@H]21)C1(c2ccc(Cl)cc2)CCC1. The van der Waals surface area contributed by atoms with Crippen molar-refractivity contribution < 1.29 is 9.90 Å². The molecule has 0 spiro atoms. The van der Waals surface area contributed by atoms with Gasteiger partial charge in [-0.25, -0.2) is 0 Å². The van der Waals surface area contributed by atoms with Crippen molar-refractivity contribution in [2.24, 2.45) is 11.8 Å². The molecule has 0 radical (unpaired) electrons. The number of rotatable bonds is 3. The number of benzene rings is 1. The number of carbonyl (C=O) groups excluding carboxylic acids is 1. The highest BCUT2D eigenvalue weighted by Gasteiger charge is 2.52. The number of hydrogen-bond acceptors (Lipinski definition) is 3. The van der Waals surface area contributed by atoms with E-state index in [4.69, 9.17) is 11.6 Å². The summed E-state index contributed by atoms with van der Waals surface area (Å²) in [6.07, 6.45) is 7.92. The molecule has 4 aliphatic rings. The van der Waals surface area contributed by atoms with E-state index in [1.807, 2.05) is 24.3 Å². The van der Waals surface area contributed by atoms with Gasteiger partial charge in [0.1, 0.15) is 0 Å². The predicted molar refractivity (Wildman–Crippen MR) is 110 cm³/mol. The molecule has 1 amide bonds. The van der Waals surface area contributed by atoms with E-state index in [1.165, 1.54) is 25.7 Å². The maximum absolute atomic E-state index is 13.8. The van der Waals surface area contributed by atoms with Crippen molar-refractivity contribution in [3.8, 4) is 0 Å². The third-order valence-corrected chi connectivity index (χ3v) is 8.36. The van der Waals surface area contributed by atoms with Crippen LogP contribution in [0.25, 0.3) is 0 Å². The molecule has 28 heavy (non-hydrogen) atoms. The van der Waals surface area contributed by atoms with Crippen LogP contribution in [0.15, 0.2) is 24.3 Å². The molecule has 1 aliphatic carbocycles. The number of fused-ring (bicyclic) bond motifs is 4. The fraction of sp³-hybridized carbons (Fsp3) is 0.696. The van der Waals surface area contributed by atoms with Crippen LogP contribution in [-0.4, -0.2) is 59.1 Å². The zero-order valence-corrected chi connectivity index (χ0v) is 17.3. The summed E-state index contributed by atoms with van der Waals surface area (Å²) < 4.78 is 0. The van der Waals surface area contributed by atoms with Gasteiger partial charge >= 0.3 is 0 Å². The standard InChI is InChI=1S/C23H31ClN2O2/c24-19-7-5-18(6-8-19)23(9-3-10-23)22(28)25-13-16-12-17(14-25)21(15-27)26-11-2-1-4-20(16)26/h5-8,16-17,20-21,27H,1-4,9-15H2/t16-,17+,20+,21+/m1/s1. The molecule has 0 unspecified atom stereocenters. The van der Waals surface area contributed by atoms with E-state index < -0.39 is 0 Å². The lowest BCUT2D eigenvalue weighted by molar-refractivity contribution is -0.151. The van der Waals surface area contributed by atoms with Crippen molar-refractivity contribution in [1.29, 1.82) is 0 Å². The maximum atomic E-state index is 13.8. The largest absolute Gasteiger partial charge is 0.395 e. The van der Waals surface area contributed by atoms with Gasteiger partial charge in [0.15, 0.2) is 0 Å². The Hall–Kier alpha value is -1.10. The molecular formula is C23H31ClN2O2. The van der Waals surface area contributed by atoms with Crippen LogP contribution in [0.2, 0.25) is 5.02 Å². The first-order chi connectivity index (χ1) is 13.6. The van der Waals surface area contributed by atoms with Crippen LogP contribution in [-0.2, 0) is 10.2 Å². The molecule has 3 heterocycles. The first kappa shape index (κ1) is 18.9. The Kier molecular flexibility index (Phi) is 4.93. The first-order valence-electron chi connectivity index (χ1n) is 11.0. The summed E-state index contributed by atoms with van der Waals surface area (Å²) >= 11 is 6.09. The molecule has 1 aromatic rings. The van der Waals surface area contributed by atoms with Gasteiger partial charge in [-0.2, -0.15) is 0 Å². The number of aliphatic hydroxyl groups is 1. The van der Waals surface area contributed by atoms with Gasteiger partial charge in [-0.05, 0) is 68.2 Å². The van der Waals surface area contributed by atoms with E-state index in [0.717, 1.165) is 49.5 Å². The highest BCUT2D eigenvalue weighted by Crippen LogP contribution is 2.48. The molecule has 1 saturated carbocycles. The predicted octanol–water partition coefficient (Wildman–Crippen LogP) is 3.46. The fourth-order valence-electron chi connectivity index (χ4n) is 6.55. The number of nitrogens with zero attached hydrogens (tertiary/aromatic N) is 2. The van der Waals surface area contributed by atoms with Crippen LogP contribution in [0.5, 0.6) is 0 Å². The van der Waals surface area contributed by atoms with E-state index in [-0.39, 0.29) is 18.1 Å². The molecule has 5 heteroatoms. The fourth-order valence-corrected chi connectivity index (χ4v) is 6.68. The summed E-state index contributed by atoms with van der Waals surface area (Å²) in [4.78, 5) is 18.5. The first-order valence-corrected chi connectivity index (χ1v) is 11.4. The number of hydrogen-bond donors (Lipinski definition) is 1. The quantitative estimate of drug-likeness (QED) is 0.842. The second kappa shape index (κ2) is 7.30. The van der Waals surface area contributed by atoms with Gasteiger partial charge in [0.25, 0.3) is 0 Å². The molecule has 0 aromatic heterocycles. The summed E-state index contributed by atoms with van der Waals surface area (Å²) in [5, 5.41) is 10.9. The molecule has 1 aromatic carbocycles. The lowest BCUT2D eigenvalue weighted by Gasteiger charge is -2.57. The molecule has 2 bridgehead atoms. The molecule has 5 rings (SSSR count). The number of halogens is 1. The summed E-state index contributed by atoms with van der Waals surface area (Å²) in [6, 6.07) is 8.69. The van der Waals surface area contributed by atoms with Crippen molar-refractivity contribution in [3.05, 3.63) is 34.9 Å². The highest BCUT2D eigenvalue weighted by atomic mass is 35.5. The Morgan fingerprint density at radius 1 is 1.11 bits per heavy atom. The van der Waals surface area contributed by atoms with E-state index >= 15 is 0 Å². The van der Waals surface area contributed by atoms with Crippen LogP contribution in [0.1, 0.15) is 50.5 Å². The lowest BCUT2D eigenvalue weighted by atomic mass is 9.63. The van der Waals surface area contributed by atoms with Gasteiger partial charge < -0.3 is 10.0 Å². The Bertz CT molecular complexity index is 719. The summed E-state index contributed by atoms with van der Waals surface area (Å²) in [5.74, 6) is 1.29. The van der Waals surface area contributed by atoms with Gasteiger partial charge in [0.05, 0.1) is 12.0 Å². The van der Waals surface area contributed by atoms with Gasteiger partial charge in [0, 0.05) is 30.2 Å². The minimum Gasteiger partial charge on any atom is -0.395 e. The normalized spacial score (nSPS) is 34.4. The Balaban J connectivity index is 1.41. The van der Waals surface area contributed by atoms with Gasteiger partial charge in [-0.3, -0.25) is 9.69 Å². The van der Waals surface area contributed by atoms with Gasteiger partial charge in [0.2, 0.25) is 5.91 Å². The van der Waals surface area contributed by atoms with Crippen LogP contribution in [0, 0.1) is 11.8 Å². The average Bonchev–Trinajstić information content (AvgIpc) is 2.69. The third kappa shape index (κ3) is 2.91. The van der Waals surface area contributed by atoms with Crippen molar-refractivity contribution in [3.63, 3.8) is 0 Å². The monoisotopic (exact) mass is 402 g/mol. The number of piperidine rings is 3. The van der Waals surface area contributed by atoms with Crippen molar-refractivity contribution >= 4 is 17.5 Å². The molecule has 152 valence electrons. The van der Waals surface area contributed by atoms with Gasteiger partial charge in [-0.1, -0.05) is 36.6 Å². The van der Waals surface area contributed by atoms with E-state index in [2.05, 4.69) is 9.80 Å². The molecule has 4 nitrogen and oxygen atoms in total. The topological polar surface area (TPSA) is 43.8 Å². The van der Waals surface area contributed by atoms with Crippen LogP contribution < -0.4 is 0 Å². The Morgan fingerprint density at radius 2 is 1.86 bits per heavy atom. The van der Waals surface area contributed by atoms with E-state index in [1.54, 1.807) is 0 Å². The summed E-state index contributed by atoms with van der Waals surface area (Å²) in [5.41, 5.74) is 0.777. The highest BCUT2D eigenvalue weighted by molar-refractivity contribution is 6.30. The minimum absolute atomic E-state index is 0.220. The zero-order valence-electron chi connectivity index (χ0n) is 16.5. The van der Waals surface area contributed by atoms with Crippen molar-refractivity contribution in [2.75, 3.05) is 26.2 Å². The third-order valence-electron chi connectivity index (χ3n) is 8.11. The van der Waals surface area contributed by atoms with Crippen molar-refractivity contribution in [1.82, 2.24) is 9.80 Å². The Labute approximate surface area is 172 Å². The molecule has 3 saturated heterocycles. The number of carbonyl (C=O) groups is 1. The molecule has 4 atom stereocenters. The van der Waals surface area contributed by atoms with Crippen LogP contribution in [0.3, 0.4) is 0 Å². The molecule has 3 aliphatic heterocycles. The second-order valence-corrected chi connectivity index (χ2v) is 9.90. The molecular weight excluding hydrogens is 372 g/mol. The molecule has 1 N–H and O–H groups in total. The maximum Gasteiger partial charge on any atom is 0.233 e. The van der Waals surface area contributed by atoms with E-state index in [0.29, 0.717) is 23.8 Å². The number of amides is 1. The summed E-state index contributed by atoms with van der Waals surface area (Å²) in [6.45, 7) is 3.03. The van der Waals surface area contributed by atoms with Gasteiger partial charge in [-0.15, -0.1) is 0 Å². The summed E-state index contributed by atoms with van der Waals surface area (Å²) in [7, 11) is 0. The lowest BCUT2D eigenvalue weighted by Crippen LogP contribution is -2.66. The smallest absolute Gasteiger partial charge is 0.233 e. The number of aliphatic hydroxyl groups excluding tert-OH is 1. The van der Waals surface area contributed by atoms with Crippen LogP contribution in [0.4, 0.5) is 0 Å². The van der Waals surface area contributed by atoms with Crippen molar-refractivity contribution in [2.45, 2.75) is 62.4 Å². The average molecular weight is 403 g/mol. The Morgan fingerprint density at radius 3 is 2.54 bits per heavy atom. The van der Waals surface area contributed by atoms with Crippen LogP contribution >= 0.6 is 11.6 Å². The minimum atomic E-state index is -0.350. The second-order valence-electron chi connectivity index (χ2n) is 9.46. The van der Waals surface area contributed by atoms with E-state index in [9.17, 15) is 9.90 Å².